The highest BCUT2D eigenvalue weighted by Gasteiger charge is 2.54. The second kappa shape index (κ2) is 4.04. The lowest BCUT2D eigenvalue weighted by Gasteiger charge is -2.31. The molecule has 0 fully saturated rings. The summed E-state index contributed by atoms with van der Waals surface area (Å²) in [6.45, 7) is 0. The zero-order chi connectivity index (χ0) is 14.3. The lowest BCUT2D eigenvalue weighted by molar-refractivity contribution is -0.178. The van der Waals surface area contributed by atoms with E-state index in [2.05, 4.69) is 4.74 Å². The van der Waals surface area contributed by atoms with Gasteiger partial charge in [-0.1, -0.05) is 24.3 Å². The quantitative estimate of drug-likeness (QED) is 0.421. The van der Waals surface area contributed by atoms with Crippen molar-refractivity contribution in [3.8, 4) is 0 Å². The number of carbonyl (C=O) groups is 4. The second-order valence-corrected chi connectivity index (χ2v) is 4.44. The van der Waals surface area contributed by atoms with Gasteiger partial charge in [0.1, 0.15) is 0 Å². The van der Waals surface area contributed by atoms with Gasteiger partial charge in [-0.3, -0.25) is 9.59 Å². The van der Waals surface area contributed by atoms with Crippen LogP contribution in [0.2, 0.25) is 0 Å². The van der Waals surface area contributed by atoms with Gasteiger partial charge in [0.05, 0.1) is 0 Å². The number of ether oxygens (including phenoxy) is 1. The van der Waals surface area contributed by atoms with Crippen LogP contribution in [0.15, 0.2) is 24.3 Å². The first-order valence-corrected chi connectivity index (χ1v) is 5.44. The molecule has 0 saturated heterocycles. The molecule has 0 aromatic heterocycles. The van der Waals surface area contributed by atoms with Gasteiger partial charge >= 0.3 is 23.9 Å². The van der Waals surface area contributed by atoms with Crippen LogP contribution in [0.3, 0.4) is 0 Å². The van der Waals surface area contributed by atoms with Crippen LogP contribution in [0.25, 0.3) is 0 Å². The fourth-order valence-electron chi connectivity index (χ4n) is 1.77. The third-order valence-corrected chi connectivity index (χ3v) is 3.36. The van der Waals surface area contributed by atoms with Gasteiger partial charge in [-0.05, 0) is 12.8 Å². The van der Waals surface area contributed by atoms with Gasteiger partial charge in [0, 0.05) is 0 Å². The molecule has 7 heteroatoms. The van der Waals surface area contributed by atoms with E-state index in [1.54, 1.807) is 0 Å². The van der Waals surface area contributed by atoms with Gasteiger partial charge < -0.3 is 14.9 Å². The molecule has 2 N–H and O–H groups in total. The van der Waals surface area contributed by atoms with Crippen molar-refractivity contribution < 1.29 is 34.1 Å². The zero-order valence-electron chi connectivity index (χ0n) is 9.66. The summed E-state index contributed by atoms with van der Waals surface area (Å²) in [5, 5.41) is 17.9. The van der Waals surface area contributed by atoms with Crippen LogP contribution in [0, 0.1) is 10.8 Å². The van der Waals surface area contributed by atoms with Crippen LogP contribution < -0.4 is 0 Å². The standard InChI is InChI=1S/C12H10O7/c13-7(14)11(3-1-4-11)9(17)19-10(18)12(8(15)16)5-2-6-12/h1-3,5H,4,6H2,(H,13,14)(H,15,16). The van der Waals surface area contributed by atoms with Gasteiger partial charge in [-0.25, -0.2) is 9.59 Å². The summed E-state index contributed by atoms with van der Waals surface area (Å²) in [6, 6.07) is 0. The van der Waals surface area contributed by atoms with E-state index in [9.17, 15) is 19.2 Å². The minimum absolute atomic E-state index is 0.0790. The zero-order valence-corrected chi connectivity index (χ0v) is 9.66. The monoisotopic (exact) mass is 266 g/mol. The summed E-state index contributed by atoms with van der Waals surface area (Å²) in [5.74, 6) is -5.37. The molecule has 0 spiro atoms. The third-order valence-electron chi connectivity index (χ3n) is 3.36. The number of hydrogen-bond donors (Lipinski definition) is 2. The number of aliphatic carboxylic acids is 2. The molecule has 2 aliphatic rings. The Kier molecular flexibility index (Phi) is 2.77. The molecule has 0 aliphatic heterocycles. The van der Waals surface area contributed by atoms with Crippen LogP contribution in [0.5, 0.6) is 0 Å². The maximum Gasteiger partial charge on any atom is 0.335 e. The van der Waals surface area contributed by atoms with E-state index >= 15 is 0 Å². The van der Waals surface area contributed by atoms with E-state index in [1.807, 2.05) is 0 Å². The highest BCUT2D eigenvalue weighted by atomic mass is 16.6. The SMILES string of the molecule is O=C(O)C1(C(=O)OC(=O)C2(C(=O)O)C=CC2)C=CC1. The first-order chi connectivity index (χ1) is 8.85. The summed E-state index contributed by atoms with van der Waals surface area (Å²) in [6.07, 6.45) is 4.99. The molecule has 0 amide bonds. The van der Waals surface area contributed by atoms with Gasteiger partial charge in [-0.2, -0.15) is 0 Å². The number of carboxylic acids is 2. The molecule has 0 saturated carbocycles. The Balaban J connectivity index is 2.14. The normalized spacial score (nSPS) is 30.9. The predicted molar refractivity (Wildman–Crippen MR) is 58.8 cm³/mol. The summed E-state index contributed by atoms with van der Waals surface area (Å²) in [5.41, 5.74) is -3.74. The second-order valence-electron chi connectivity index (χ2n) is 4.44. The number of carbonyl (C=O) groups excluding carboxylic acids is 2. The number of allylic oxidation sites excluding steroid dienone is 2. The van der Waals surface area contributed by atoms with E-state index in [4.69, 9.17) is 10.2 Å². The molecule has 19 heavy (non-hydrogen) atoms. The summed E-state index contributed by atoms with van der Waals surface area (Å²) < 4.78 is 4.45. The first kappa shape index (κ1) is 13.0. The number of rotatable bonds is 4. The van der Waals surface area contributed by atoms with E-state index in [0.717, 1.165) is 12.2 Å². The van der Waals surface area contributed by atoms with Crippen molar-refractivity contribution in [2.75, 3.05) is 0 Å². The van der Waals surface area contributed by atoms with Crippen molar-refractivity contribution in [3.63, 3.8) is 0 Å². The lowest BCUT2D eigenvalue weighted by atomic mass is 9.75. The fourth-order valence-corrected chi connectivity index (χ4v) is 1.77. The molecule has 0 heterocycles. The van der Waals surface area contributed by atoms with Crippen molar-refractivity contribution in [2.45, 2.75) is 12.8 Å². The molecule has 7 nitrogen and oxygen atoms in total. The van der Waals surface area contributed by atoms with Gasteiger partial charge in [0.2, 0.25) is 0 Å². The van der Waals surface area contributed by atoms with E-state index < -0.39 is 34.7 Å². The fraction of sp³-hybridized carbons (Fsp3) is 0.333. The Morgan fingerprint density at radius 1 is 0.842 bits per heavy atom. The summed E-state index contributed by atoms with van der Waals surface area (Å²) in [7, 11) is 0. The van der Waals surface area contributed by atoms with Crippen LogP contribution in [0.4, 0.5) is 0 Å². The van der Waals surface area contributed by atoms with Crippen molar-refractivity contribution in [1.29, 1.82) is 0 Å². The van der Waals surface area contributed by atoms with E-state index in [-0.39, 0.29) is 12.8 Å². The molecule has 2 atom stereocenters. The molecule has 0 radical (unpaired) electrons. The van der Waals surface area contributed by atoms with Gasteiger partial charge in [0.25, 0.3) is 0 Å². The predicted octanol–water partition coefficient (Wildman–Crippen LogP) is 0.118. The molecule has 0 aromatic carbocycles. The van der Waals surface area contributed by atoms with E-state index in [0.29, 0.717) is 0 Å². The summed E-state index contributed by atoms with van der Waals surface area (Å²) in [4.78, 5) is 45.4. The molecule has 0 aromatic rings. The van der Waals surface area contributed by atoms with Crippen LogP contribution in [0.1, 0.15) is 12.8 Å². The highest BCUT2D eigenvalue weighted by Crippen LogP contribution is 2.38. The van der Waals surface area contributed by atoms with Crippen molar-refractivity contribution >= 4 is 23.9 Å². The molecular weight excluding hydrogens is 256 g/mol. The largest absolute Gasteiger partial charge is 0.480 e. The molecule has 2 unspecified atom stereocenters. The molecule has 2 rings (SSSR count). The third kappa shape index (κ3) is 1.66. The van der Waals surface area contributed by atoms with E-state index in [1.165, 1.54) is 12.2 Å². The number of carboxylic acid groups (broad SMARTS) is 2. The Morgan fingerprint density at radius 3 is 1.32 bits per heavy atom. The van der Waals surface area contributed by atoms with Crippen LogP contribution >= 0.6 is 0 Å². The van der Waals surface area contributed by atoms with Crippen molar-refractivity contribution in [2.24, 2.45) is 10.8 Å². The highest BCUT2D eigenvalue weighted by molar-refractivity contribution is 6.11. The lowest BCUT2D eigenvalue weighted by Crippen LogP contribution is -2.48. The molecular formula is C12H10O7. The molecule has 0 bridgehead atoms. The maximum atomic E-state index is 11.7. The summed E-state index contributed by atoms with van der Waals surface area (Å²) >= 11 is 0. The Labute approximate surface area is 107 Å². The van der Waals surface area contributed by atoms with Gasteiger partial charge in [0.15, 0.2) is 10.8 Å². The first-order valence-electron chi connectivity index (χ1n) is 5.44. The Bertz CT molecular complexity index is 496. The average molecular weight is 266 g/mol. The van der Waals surface area contributed by atoms with Crippen LogP contribution in [-0.4, -0.2) is 34.1 Å². The number of hydrogen-bond acceptors (Lipinski definition) is 5. The minimum Gasteiger partial charge on any atom is -0.480 e. The number of esters is 2. The van der Waals surface area contributed by atoms with Gasteiger partial charge in [-0.15, -0.1) is 0 Å². The van der Waals surface area contributed by atoms with Crippen LogP contribution in [-0.2, 0) is 23.9 Å². The van der Waals surface area contributed by atoms with Crippen molar-refractivity contribution in [1.82, 2.24) is 0 Å². The topological polar surface area (TPSA) is 118 Å². The average Bonchev–Trinajstić information content (AvgIpc) is 2.10. The molecule has 2 aliphatic carbocycles. The maximum absolute atomic E-state index is 11.7. The Hall–Kier alpha value is -2.44. The molecule has 100 valence electrons. The Morgan fingerprint density at radius 2 is 1.16 bits per heavy atom. The minimum atomic E-state index is -1.87. The van der Waals surface area contributed by atoms with Crippen molar-refractivity contribution in [3.05, 3.63) is 24.3 Å². The smallest absolute Gasteiger partial charge is 0.335 e.